The number of aliphatic hydroxyl groups excluding tert-OH is 1. The van der Waals surface area contributed by atoms with Crippen molar-refractivity contribution in [3.05, 3.63) is 34.1 Å². The Hall–Kier alpha value is -0.450. The lowest BCUT2D eigenvalue weighted by molar-refractivity contribution is 0.0617. The average molecular weight is 316 g/mol. The molecule has 2 rings (SSSR count). The number of hydrogen-bond acceptors (Lipinski definition) is 2. The van der Waals surface area contributed by atoms with Crippen LogP contribution >= 0.6 is 15.9 Å². The molecule has 0 aromatic heterocycles. The number of benzene rings is 1. The van der Waals surface area contributed by atoms with Gasteiger partial charge in [0.2, 0.25) is 0 Å². The monoisotopic (exact) mass is 315 g/mol. The predicted molar refractivity (Wildman–Crippen MR) is 73.6 cm³/mol. The fourth-order valence-electron chi connectivity index (χ4n) is 2.73. The summed E-state index contributed by atoms with van der Waals surface area (Å²) >= 11 is 3.25. The van der Waals surface area contributed by atoms with Gasteiger partial charge in [-0.15, -0.1) is 0 Å². The van der Waals surface area contributed by atoms with Gasteiger partial charge in [0, 0.05) is 4.47 Å². The summed E-state index contributed by atoms with van der Waals surface area (Å²) in [7, 11) is 0. The van der Waals surface area contributed by atoms with Gasteiger partial charge in [0.15, 0.2) is 0 Å². The molecular weight excluding hydrogens is 297 g/mol. The van der Waals surface area contributed by atoms with E-state index in [1.54, 1.807) is 6.07 Å². The molecule has 0 bridgehead atoms. The third kappa shape index (κ3) is 3.31. The van der Waals surface area contributed by atoms with Gasteiger partial charge in [-0.2, -0.15) is 0 Å². The smallest absolute Gasteiger partial charge is 0.124 e. The summed E-state index contributed by atoms with van der Waals surface area (Å²) in [5.74, 6) is -0.0820. The van der Waals surface area contributed by atoms with Crippen LogP contribution in [0.1, 0.15) is 43.7 Å². The van der Waals surface area contributed by atoms with Gasteiger partial charge in [-0.3, -0.25) is 0 Å². The third-order valence-electron chi connectivity index (χ3n) is 3.77. The first-order chi connectivity index (χ1) is 8.58. The van der Waals surface area contributed by atoms with Crippen molar-refractivity contribution in [3.63, 3.8) is 0 Å². The lowest BCUT2D eigenvalue weighted by atomic mass is 9.81. The van der Waals surface area contributed by atoms with Crippen LogP contribution in [0.4, 0.5) is 4.39 Å². The standard InChI is InChI=1S/C14H19BrFNO/c15-11-6-10(7-12(16)8-11)13(17)14(18)9-4-2-1-3-5-9/h6-9,13-14,18H,1-5,17H2/t13-,14+/m1/s1. The summed E-state index contributed by atoms with van der Waals surface area (Å²) in [5, 5.41) is 10.3. The number of nitrogens with two attached hydrogens (primary N) is 1. The number of halogens is 2. The second-order valence-electron chi connectivity index (χ2n) is 5.12. The topological polar surface area (TPSA) is 46.2 Å². The van der Waals surface area contributed by atoms with Crippen molar-refractivity contribution in [1.82, 2.24) is 0 Å². The van der Waals surface area contributed by atoms with Crippen LogP contribution in [0.5, 0.6) is 0 Å². The van der Waals surface area contributed by atoms with E-state index in [2.05, 4.69) is 15.9 Å². The first kappa shape index (κ1) is 14.0. The summed E-state index contributed by atoms with van der Waals surface area (Å²) in [6.07, 6.45) is 5.00. The van der Waals surface area contributed by atoms with Gasteiger partial charge in [0.05, 0.1) is 12.1 Å². The van der Waals surface area contributed by atoms with Crippen molar-refractivity contribution < 1.29 is 9.50 Å². The Bertz CT molecular complexity index is 387. The lowest BCUT2D eigenvalue weighted by Gasteiger charge is -2.30. The number of aliphatic hydroxyl groups is 1. The Morgan fingerprint density at radius 3 is 2.50 bits per heavy atom. The highest BCUT2D eigenvalue weighted by Gasteiger charge is 2.27. The Labute approximate surface area is 116 Å². The lowest BCUT2D eigenvalue weighted by Crippen LogP contribution is -2.34. The molecule has 1 aliphatic carbocycles. The van der Waals surface area contributed by atoms with E-state index in [-0.39, 0.29) is 11.7 Å². The minimum atomic E-state index is -0.584. The van der Waals surface area contributed by atoms with E-state index in [0.29, 0.717) is 10.0 Å². The second-order valence-corrected chi connectivity index (χ2v) is 6.03. The van der Waals surface area contributed by atoms with Crippen molar-refractivity contribution in [2.75, 3.05) is 0 Å². The van der Waals surface area contributed by atoms with Gasteiger partial charge in [-0.25, -0.2) is 4.39 Å². The zero-order valence-electron chi connectivity index (χ0n) is 10.3. The molecule has 0 amide bonds. The summed E-state index contributed by atoms with van der Waals surface area (Å²) in [6.45, 7) is 0. The molecule has 1 saturated carbocycles. The van der Waals surface area contributed by atoms with Crippen LogP contribution in [0, 0.1) is 11.7 Å². The molecule has 0 saturated heterocycles. The van der Waals surface area contributed by atoms with Crippen molar-refractivity contribution in [2.45, 2.75) is 44.2 Å². The molecule has 18 heavy (non-hydrogen) atoms. The van der Waals surface area contributed by atoms with Crippen molar-refractivity contribution in [3.8, 4) is 0 Å². The van der Waals surface area contributed by atoms with Crippen LogP contribution in [-0.2, 0) is 0 Å². The zero-order chi connectivity index (χ0) is 13.1. The van der Waals surface area contributed by atoms with Gasteiger partial charge >= 0.3 is 0 Å². The highest BCUT2D eigenvalue weighted by Crippen LogP contribution is 2.32. The molecule has 0 radical (unpaired) electrons. The van der Waals surface area contributed by atoms with E-state index in [0.717, 1.165) is 25.7 Å². The molecule has 4 heteroatoms. The van der Waals surface area contributed by atoms with Crippen LogP contribution in [-0.4, -0.2) is 11.2 Å². The van der Waals surface area contributed by atoms with E-state index < -0.39 is 12.1 Å². The minimum absolute atomic E-state index is 0.246. The van der Waals surface area contributed by atoms with E-state index >= 15 is 0 Å². The third-order valence-corrected chi connectivity index (χ3v) is 4.23. The average Bonchev–Trinajstić information content (AvgIpc) is 2.37. The first-order valence-electron chi connectivity index (χ1n) is 6.47. The second kappa shape index (κ2) is 6.13. The maximum Gasteiger partial charge on any atom is 0.124 e. The van der Waals surface area contributed by atoms with E-state index in [4.69, 9.17) is 5.73 Å². The summed E-state index contributed by atoms with van der Waals surface area (Å²) in [6, 6.07) is 4.06. The van der Waals surface area contributed by atoms with Gasteiger partial charge in [-0.1, -0.05) is 35.2 Å². The molecule has 0 spiro atoms. The molecule has 0 heterocycles. The van der Waals surface area contributed by atoms with Crippen molar-refractivity contribution >= 4 is 15.9 Å². The molecule has 1 aromatic rings. The highest BCUT2D eigenvalue weighted by atomic mass is 79.9. The predicted octanol–water partition coefficient (Wildman–Crippen LogP) is 3.53. The van der Waals surface area contributed by atoms with Gasteiger partial charge in [0.1, 0.15) is 5.82 Å². The van der Waals surface area contributed by atoms with Crippen LogP contribution in [0.25, 0.3) is 0 Å². The molecule has 1 aromatic carbocycles. The van der Waals surface area contributed by atoms with Crippen molar-refractivity contribution in [2.24, 2.45) is 11.7 Å². The summed E-state index contributed by atoms with van der Waals surface area (Å²) < 4.78 is 14.0. The van der Waals surface area contributed by atoms with Crippen LogP contribution in [0.15, 0.2) is 22.7 Å². The SMILES string of the molecule is N[C@H](c1cc(F)cc(Br)c1)[C@@H](O)C1CCCCC1. The van der Waals surface area contributed by atoms with Crippen LogP contribution in [0.3, 0.4) is 0 Å². The molecule has 2 atom stereocenters. The Morgan fingerprint density at radius 1 is 1.22 bits per heavy atom. The molecular formula is C14H19BrFNO. The van der Waals surface area contributed by atoms with E-state index in [1.165, 1.54) is 18.6 Å². The Kier molecular flexibility index (Phi) is 4.76. The van der Waals surface area contributed by atoms with Gasteiger partial charge in [-0.05, 0) is 42.5 Å². The quantitative estimate of drug-likeness (QED) is 0.896. The largest absolute Gasteiger partial charge is 0.391 e. The fraction of sp³-hybridized carbons (Fsp3) is 0.571. The molecule has 2 nitrogen and oxygen atoms in total. The van der Waals surface area contributed by atoms with Crippen LogP contribution < -0.4 is 5.73 Å². The number of hydrogen-bond donors (Lipinski definition) is 2. The molecule has 0 aliphatic heterocycles. The summed E-state index contributed by atoms with van der Waals surface area (Å²) in [4.78, 5) is 0. The fourth-order valence-corrected chi connectivity index (χ4v) is 3.22. The van der Waals surface area contributed by atoms with Gasteiger partial charge < -0.3 is 10.8 Å². The van der Waals surface area contributed by atoms with Crippen LogP contribution in [0.2, 0.25) is 0 Å². The maximum atomic E-state index is 13.3. The maximum absolute atomic E-state index is 13.3. The van der Waals surface area contributed by atoms with E-state index in [9.17, 15) is 9.50 Å². The molecule has 0 unspecified atom stereocenters. The molecule has 1 fully saturated rings. The normalized spacial score (nSPS) is 20.7. The summed E-state index contributed by atoms with van der Waals surface area (Å²) in [5.41, 5.74) is 6.72. The van der Waals surface area contributed by atoms with Gasteiger partial charge in [0.25, 0.3) is 0 Å². The van der Waals surface area contributed by atoms with E-state index in [1.807, 2.05) is 0 Å². The molecule has 1 aliphatic rings. The van der Waals surface area contributed by atoms with Crippen molar-refractivity contribution in [1.29, 1.82) is 0 Å². The Balaban J connectivity index is 2.11. The molecule has 100 valence electrons. The zero-order valence-corrected chi connectivity index (χ0v) is 11.9. The minimum Gasteiger partial charge on any atom is -0.391 e. The highest BCUT2D eigenvalue weighted by molar-refractivity contribution is 9.10. The molecule has 3 N–H and O–H groups in total. The Morgan fingerprint density at radius 2 is 1.89 bits per heavy atom. The first-order valence-corrected chi connectivity index (χ1v) is 7.27. The number of rotatable bonds is 3.